The zero-order chi connectivity index (χ0) is 22.9. The molecular weight excluding hydrogens is 436 g/mol. The fraction of sp³-hybridized carbons (Fsp3) is 0.0385. The van der Waals surface area contributed by atoms with Gasteiger partial charge in [0.25, 0.3) is 0 Å². The van der Waals surface area contributed by atoms with Gasteiger partial charge in [-0.1, -0.05) is 66.2 Å². The molecule has 6 nitrogen and oxygen atoms in total. The van der Waals surface area contributed by atoms with Gasteiger partial charge in [0.1, 0.15) is 5.69 Å². The number of nitrogens with zero attached hydrogens (tertiary/aromatic N) is 1. The van der Waals surface area contributed by atoms with Crippen molar-refractivity contribution in [1.29, 1.82) is 5.26 Å². The number of benzene rings is 3. The number of rotatable bonds is 5. The second-order valence-electron chi connectivity index (χ2n) is 7.59. The smallest absolute Gasteiger partial charge is 0.249 e. The molecule has 0 fully saturated rings. The van der Waals surface area contributed by atoms with Crippen molar-refractivity contribution >= 4 is 39.8 Å². The Labute approximate surface area is 194 Å². The number of hydrogen-bond acceptors (Lipinski definition) is 3. The predicted molar refractivity (Wildman–Crippen MR) is 128 cm³/mol. The fourth-order valence-electron chi connectivity index (χ4n) is 4.11. The van der Waals surface area contributed by atoms with Gasteiger partial charge in [0.05, 0.1) is 11.8 Å². The summed E-state index contributed by atoms with van der Waals surface area (Å²) in [6.07, 6.45) is 0. The van der Waals surface area contributed by atoms with Crippen molar-refractivity contribution < 1.29 is 9.59 Å². The number of halogens is 1. The summed E-state index contributed by atoms with van der Waals surface area (Å²) < 4.78 is 0. The molecule has 5 rings (SSSR count). The van der Waals surface area contributed by atoms with Gasteiger partial charge in [0, 0.05) is 27.2 Å². The number of aromatic nitrogens is 2. The number of fused-ring (bicyclic) bond motifs is 3. The molecule has 0 spiro atoms. The summed E-state index contributed by atoms with van der Waals surface area (Å²) in [6, 6.07) is 25.8. The van der Waals surface area contributed by atoms with Crippen LogP contribution in [0, 0.1) is 17.2 Å². The molecule has 0 radical (unpaired) electrons. The van der Waals surface area contributed by atoms with E-state index < -0.39 is 17.6 Å². The second-order valence-corrected chi connectivity index (χ2v) is 8.02. The van der Waals surface area contributed by atoms with E-state index in [1.807, 2.05) is 54.6 Å². The van der Waals surface area contributed by atoms with E-state index in [-0.39, 0.29) is 5.69 Å². The van der Waals surface area contributed by atoms with Crippen LogP contribution in [-0.4, -0.2) is 21.9 Å². The maximum absolute atomic E-state index is 13.4. The SMILES string of the molecule is N#CC(C(=O)Nc1ccccc1)C(=O)c1[nH][nH]c2c3cc(Cl)ccc3c(-c3ccccc3)c1-2. The van der Waals surface area contributed by atoms with Gasteiger partial charge in [-0.25, -0.2) is 0 Å². The minimum absolute atomic E-state index is 0.172. The van der Waals surface area contributed by atoms with E-state index in [0.29, 0.717) is 22.0 Å². The van der Waals surface area contributed by atoms with Crippen LogP contribution in [0.3, 0.4) is 0 Å². The van der Waals surface area contributed by atoms with Crippen LogP contribution in [0.25, 0.3) is 33.2 Å². The van der Waals surface area contributed by atoms with Crippen LogP contribution in [-0.2, 0) is 4.79 Å². The van der Waals surface area contributed by atoms with Crippen LogP contribution >= 0.6 is 11.6 Å². The summed E-state index contributed by atoms with van der Waals surface area (Å²) in [7, 11) is 0. The van der Waals surface area contributed by atoms with E-state index in [0.717, 1.165) is 21.9 Å². The molecule has 1 heterocycles. The lowest BCUT2D eigenvalue weighted by Gasteiger charge is -2.10. The average molecular weight is 453 g/mol. The van der Waals surface area contributed by atoms with Crippen molar-refractivity contribution in [3.63, 3.8) is 0 Å². The van der Waals surface area contributed by atoms with Gasteiger partial charge < -0.3 is 5.32 Å². The van der Waals surface area contributed by atoms with Crippen LogP contribution in [0.1, 0.15) is 10.5 Å². The molecule has 33 heavy (non-hydrogen) atoms. The molecule has 1 amide bonds. The molecule has 2 aliphatic rings. The number of ketones is 1. The molecule has 1 unspecified atom stereocenters. The molecule has 1 aliphatic carbocycles. The zero-order valence-corrected chi connectivity index (χ0v) is 18.0. The summed E-state index contributed by atoms with van der Waals surface area (Å²) >= 11 is 6.25. The quantitative estimate of drug-likeness (QED) is 0.229. The number of carbonyl (C=O) groups is 2. The summed E-state index contributed by atoms with van der Waals surface area (Å²) in [5, 5.41) is 20.6. The summed E-state index contributed by atoms with van der Waals surface area (Å²) in [5.41, 5.74) is 3.73. The maximum Gasteiger partial charge on any atom is 0.249 e. The van der Waals surface area contributed by atoms with Crippen LogP contribution in [0.2, 0.25) is 5.02 Å². The topological polar surface area (TPSA) is 102 Å². The van der Waals surface area contributed by atoms with Crippen molar-refractivity contribution in [3.8, 4) is 28.5 Å². The second kappa shape index (κ2) is 8.30. The summed E-state index contributed by atoms with van der Waals surface area (Å²) in [5.74, 6) is -2.82. The minimum Gasteiger partial charge on any atom is -0.325 e. The van der Waals surface area contributed by atoms with Gasteiger partial charge in [-0.2, -0.15) is 5.26 Å². The zero-order valence-electron chi connectivity index (χ0n) is 17.2. The van der Waals surface area contributed by atoms with Crippen molar-refractivity contribution in [2.75, 3.05) is 5.32 Å². The van der Waals surface area contributed by atoms with E-state index in [4.69, 9.17) is 11.6 Å². The van der Waals surface area contributed by atoms with Crippen molar-refractivity contribution in [2.24, 2.45) is 5.92 Å². The number of Topliss-reactive ketones (excluding diaryl/α,β-unsaturated/α-hetero) is 1. The lowest BCUT2D eigenvalue weighted by atomic mass is 9.95. The largest absolute Gasteiger partial charge is 0.325 e. The predicted octanol–water partition coefficient (Wildman–Crippen LogP) is 5.88. The van der Waals surface area contributed by atoms with Gasteiger partial charge in [0.15, 0.2) is 5.92 Å². The van der Waals surface area contributed by atoms with Gasteiger partial charge >= 0.3 is 0 Å². The van der Waals surface area contributed by atoms with Crippen molar-refractivity contribution in [3.05, 3.63) is 89.6 Å². The average Bonchev–Trinajstić information content (AvgIpc) is 3.39. The van der Waals surface area contributed by atoms with E-state index in [9.17, 15) is 14.9 Å². The molecule has 3 aromatic rings. The monoisotopic (exact) mass is 452 g/mol. The third-order valence-corrected chi connectivity index (χ3v) is 5.82. The first kappa shape index (κ1) is 20.6. The molecule has 1 aliphatic heterocycles. The first-order chi connectivity index (χ1) is 16.1. The Hall–Kier alpha value is -4.34. The molecule has 3 aromatic carbocycles. The minimum atomic E-state index is -1.52. The van der Waals surface area contributed by atoms with Gasteiger partial charge in [-0.15, -0.1) is 0 Å². The molecule has 3 N–H and O–H groups in total. The Bertz CT molecular complexity index is 1500. The normalized spacial score (nSPS) is 11.9. The van der Waals surface area contributed by atoms with Crippen LogP contribution in [0.5, 0.6) is 0 Å². The Morgan fingerprint density at radius 1 is 0.879 bits per heavy atom. The Kier molecular flexibility index (Phi) is 5.17. The molecule has 7 heteroatoms. The third kappa shape index (κ3) is 3.55. The first-order valence-electron chi connectivity index (χ1n) is 10.2. The third-order valence-electron chi connectivity index (χ3n) is 5.59. The highest BCUT2D eigenvalue weighted by atomic mass is 35.5. The van der Waals surface area contributed by atoms with E-state index >= 15 is 0 Å². The van der Waals surface area contributed by atoms with Crippen LogP contribution in [0.4, 0.5) is 5.69 Å². The maximum atomic E-state index is 13.4. The van der Waals surface area contributed by atoms with E-state index in [1.54, 1.807) is 30.3 Å². The molecule has 0 saturated carbocycles. The lowest BCUT2D eigenvalue weighted by Crippen LogP contribution is -2.29. The Morgan fingerprint density at radius 2 is 1.58 bits per heavy atom. The fourth-order valence-corrected chi connectivity index (χ4v) is 4.28. The number of para-hydroxylation sites is 1. The van der Waals surface area contributed by atoms with Crippen molar-refractivity contribution in [1.82, 2.24) is 10.2 Å². The van der Waals surface area contributed by atoms with Crippen molar-refractivity contribution in [2.45, 2.75) is 0 Å². The number of H-pyrrole nitrogens is 2. The molecule has 160 valence electrons. The van der Waals surface area contributed by atoms with Gasteiger partial charge in [0.2, 0.25) is 11.7 Å². The Morgan fingerprint density at radius 3 is 2.27 bits per heavy atom. The molecule has 0 aromatic heterocycles. The number of nitrogens with one attached hydrogen (secondary N) is 3. The highest BCUT2D eigenvalue weighted by Crippen LogP contribution is 2.46. The summed E-state index contributed by atoms with van der Waals surface area (Å²) in [4.78, 5) is 26.2. The first-order valence-corrected chi connectivity index (χ1v) is 10.6. The Balaban J connectivity index is 1.63. The molecule has 1 atom stereocenters. The number of carbonyl (C=O) groups excluding carboxylic acids is 2. The number of amides is 1. The van der Waals surface area contributed by atoms with Gasteiger partial charge in [-0.05, 0) is 35.2 Å². The standard InChI is InChI=1S/C26H17ClN4O2/c27-16-11-12-18-19(13-16)23-22(21(18)15-7-3-1-4-8-15)24(31-30-23)25(32)20(14-28)26(33)29-17-9-5-2-6-10-17/h1-13,20,30-31H,(H,29,33). The van der Waals surface area contributed by atoms with Crippen LogP contribution in [0.15, 0.2) is 78.9 Å². The van der Waals surface area contributed by atoms with Gasteiger partial charge in [-0.3, -0.25) is 19.8 Å². The summed E-state index contributed by atoms with van der Waals surface area (Å²) in [6.45, 7) is 0. The van der Waals surface area contributed by atoms with Crippen LogP contribution < -0.4 is 5.32 Å². The number of aromatic amines is 2. The molecule has 0 bridgehead atoms. The lowest BCUT2D eigenvalue weighted by molar-refractivity contribution is -0.117. The number of hydrogen-bond donors (Lipinski definition) is 3. The van der Waals surface area contributed by atoms with E-state index in [2.05, 4.69) is 15.5 Å². The molecule has 0 saturated heterocycles. The number of anilines is 1. The highest BCUT2D eigenvalue weighted by Gasteiger charge is 2.34. The van der Waals surface area contributed by atoms with E-state index in [1.165, 1.54) is 0 Å². The number of nitriles is 1. The highest BCUT2D eigenvalue weighted by molar-refractivity contribution is 6.32. The molecular formula is C26H17ClN4O2.